The second kappa shape index (κ2) is 4.81. The number of amides is 1. The number of rotatable bonds is 3. The van der Waals surface area contributed by atoms with Gasteiger partial charge in [-0.3, -0.25) is 14.0 Å². The molecule has 22 heavy (non-hydrogen) atoms. The Balaban J connectivity index is 1.57. The third-order valence-corrected chi connectivity index (χ3v) is 5.67. The highest BCUT2D eigenvalue weighted by molar-refractivity contribution is 7.18. The number of carboxylic acid groups (broad SMARTS) is 1. The van der Waals surface area contributed by atoms with Crippen molar-refractivity contribution in [3.8, 4) is 0 Å². The van der Waals surface area contributed by atoms with E-state index in [0.717, 1.165) is 23.5 Å². The molecule has 0 radical (unpaired) electrons. The Morgan fingerprint density at radius 2 is 2.09 bits per heavy atom. The van der Waals surface area contributed by atoms with Gasteiger partial charge >= 0.3 is 5.97 Å². The second-order valence-electron chi connectivity index (χ2n) is 6.32. The van der Waals surface area contributed by atoms with Gasteiger partial charge in [0.15, 0.2) is 4.96 Å². The smallest absolute Gasteiger partial charge is 0.308 e. The Kier molecular flexibility index (Phi) is 3.00. The van der Waals surface area contributed by atoms with E-state index in [1.54, 1.807) is 11.1 Å². The van der Waals surface area contributed by atoms with Crippen LogP contribution in [0.15, 0.2) is 12.4 Å². The molecule has 0 aromatic carbocycles. The minimum Gasteiger partial charge on any atom is -0.481 e. The summed E-state index contributed by atoms with van der Waals surface area (Å²) in [6, 6.07) is 0. The number of hydrogen-bond acceptors (Lipinski definition) is 4. The summed E-state index contributed by atoms with van der Waals surface area (Å²) >= 11 is 1.36. The molecule has 0 bridgehead atoms. The first kappa shape index (κ1) is 13.8. The molecule has 0 unspecified atom stereocenters. The van der Waals surface area contributed by atoms with Gasteiger partial charge in [-0.25, -0.2) is 4.98 Å². The van der Waals surface area contributed by atoms with Crippen molar-refractivity contribution in [3.63, 3.8) is 0 Å². The lowest BCUT2D eigenvalue weighted by molar-refractivity contribution is -0.142. The van der Waals surface area contributed by atoms with Gasteiger partial charge in [0.25, 0.3) is 5.91 Å². The molecule has 7 heteroatoms. The molecule has 1 saturated heterocycles. The fourth-order valence-electron chi connectivity index (χ4n) is 3.43. The highest BCUT2D eigenvalue weighted by Crippen LogP contribution is 2.44. The van der Waals surface area contributed by atoms with Crippen LogP contribution in [0.4, 0.5) is 0 Å². The van der Waals surface area contributed by atoms with Crippen molar-refractivity contribution in [2.75, 3.05) is 13.1 Å². The van der Waals surface area contributed by atoms with E-state index in [-0.39, 0.29) is 11.8 Å². The van der Waals surface area contributed by atoms with Crippen molar-refractivity contribution in [2.24, 2.45) is 17.8 Å². The standard InChI is InChI=1S/C15H17N3O3S/c1-8-4-18-7-12(22-15(18)16-8)13(19)17-5-10(9-2-3-9)11(6-17)14(20)21/h4,7,9-11H,2-3,5-6H2,1H3,(H,20,21)/t10-,11+/m0/s1. The topological polar surface area (TPSA) is 74.9 Å². The third kappa shape index (κ3) is 2.20. The van der Waals surface area contributed by atoms with Crippen LogP contribution in [0.5, 0.6) is 0 Å². The summed E-state index contributed by atoms with van der Waals surface area (Å²) in [6.45, 7) is 2.81. The molecule has 1 aliphatic heterocycles. The van der Waals surface area contributed by atoms with Crippen molar-refractivity contribution >= 4 is 28.2 Å². The Bertz CT molecular complexity index is 730. The fourth-order valence-corrected chi connectivity index (χ4v) is 4.41. The molecule has 3 heterocycles. The zero-order valence-corrected chi connectivity index (χ0v) is 13.0. The molecule has 2 aromatic rings. The number of carboxylic acids is 1. The Morgan fingerprint density at radius 3 is 2.73 bits per heavy atom. The Hall–Kier alpha value is -1.89. The molecule has 6 nitrogen and oxygen atoms in total. The number of fused-ring (bicyclic) bond motifs is 1. The van der Waals surface area contributed by atoms with Gasteiger partial charge in [-0.1, -0.05) is 11.3 Å². The quantitative estimate of drug-likeness (QED) is 0.937. The van der Waals surface area contributed by atoms with E-state index in [4.69, 9.17) is 0 Å². The number of aromatic nitrogens is 2. The van der Waals surface area contributed by atoms with Crippen LogP contribution in [0.2, 0.25) is 0 Å². The molecule has 2 aliphatic rings. The monoisotopic (exact) mass is 319 g/mol. The van der Waals surface area contributed by atoms with Gasteiger partial charge in [0, 0.05) is 25.5 Å². The summed E-state index contributed by atoms with van der Waals surface area (Å²) in [4.78, 5) is 31.6. The van der Waals surface area contributed by atoms with Crippen molar-refractivity contribution in [1.29, 1.82) is 0 Å². The number of nitrogens with zero attached hydrogens (tertiary/aromatic N) is 3. The van der Waals surface area contributed by atoms with Crippen LogP contribution in [0.3, 0.4) is 0 Å². The van der Waals surface area contributed by atoms with E-state index in [1.807, 2.05) is 17.5 Å². The van der Waals surface area contributed by atoms with Gasteiger partial charge in [-0.05, 0) is 31.6 Å². The maximum Gasteiger partial charge on any atom is 0.308 e. The molecule has 0 spiro atoms. The molecule has 1 saturated carbocycles. The van der Waals surface area contributed by atoms with Crippen molar-refractivity contribution in [2.45, 2.75) is 19.8 Å². The average Bonchev–Trinajstić information content (AvgIpc) is 2.93. The fraction of sp³-hybridized carbons (Fsp3) is 0.533. The summed E-state index contributed by atoms with van der Waals surface area (Å²) in [6.07, 6.45) is 5.88. The molecule has 4 rings (SSSR count). The van der Waals surface area contributed by atoms with Crippen LogP contribution in [0.25, 0.3) is 4.96 Å². The second-order valence-corrected chi connectivity index (χ2v) is 7.33. The number of imidazole rings is 1. The first-order chi connectivity index (χ1) is 10.5. The number of aryl methyl sites for hydroxylation is 1. The van der Waals surface area contributed by atoms with Crippen molar-refractivity contribution in [3.05, 3.63) is 23.0 Å². The number of carbonyl (C=O) groups excluding carboxylic acids is 1. The van der Waals surface area contributed by atoms with Crippen LogP contribution in [-0.4, -0.2) is 44.4 Å². The third-order valence-electron chi connectivity index (χ3n) is 4.68. The van der Waals surface area contributed by atoms with Gasteiger partial charge in [0.05, 0.1) is 11.6 Å². The molecular weight excluding hydrogens is 302 g/mol. The molecule has 2 fully saturated rings. The van der Waals surface area contributed by atoms with E-state index in [2.05, 4.69) is 4.98 Å². The maximum absolute atomic E-state index is 12.7. The molecular formula is C15H17N3O3S. The van der Waals surface area contributed by atoms with Gasteiger partial charge < -0.3 is 10.0 Å². The summed E-state index contributed by atoms with van der Waals surface area (Å²) in [5.74, 6) is -0.649. The van der Waals surface area contributed by atoms with E-state index in [1.165, 1.54) is 11.3 Å². The summed E-state index contributed by atoms with van der Waals surface area (Å²) in [7, 11) is 0. The SMILES string of the molecule is Cc1cn2cc(C(=O)N3C[C@@H](C(=O)O)[C@H](C4CC4)C3)sc2n1. The van der Waals surface area contributed by atoms with E-state index < -0.39 is 11.9 Å². The highest BCUT2D eigenvalue weighted by Gasteiger charge is 2.47. The van der Waals surface area contributed by atoms with Crippen LogP contribution in [-0.2, 0) is 4.79 Å². The van der Waals surface area contributed by atoms with Crippen molar-refractivity contribution in [1.82, 2.24) is 14.3 Å². The number of hydrogen-bond donors (Lipinski definition) is 1. The molecule has 116 valence electrons. The summed E-state index contributed by atoms with van der Waals surface area (Å²) in [5.41, 5.74) is 0.922. The molecule has 1 N–H and O–H groups in total. The number of carbonyl (C=O) groups is 2. The normalized spacial score (nSPS) is 25.0. The highest BCUT2D eigenvalue weighted by atomic mass is 32.1. The lowest BCUT2D eigenvalue weighted by Crippen LogP contribution is -2.29. The van der Waals surface area contributed by atoms with Crippen LogP contribution in [0.1, 0.15) is 28.2 Å². The minimum atomic E-state index is -0.774. The minimum absolute atomic E-state index is 0.0671. The summed E-state index contributed by atoms with van der Waals surface area (Å²) in [5, 5.41) is 9.39. The number of likely N-dealkylation sites (tertiary alicyclic amines) is 1. The van der Waals surface area contributed by atoms with E-state index in [9.17, 15) is 14.7 Å². The first-order valence-electron chi connectivity index (χ1n) is 7.50. The largest absolute Gasteiger partial charge is 0.481 e. The Labute approximate surface area is 131 Å². The maximum atomic E-state index is 12.7. The van der Waals surface area contributed by atoms with Crippen molar-refractivity contribution < 1.29 is 14.7 Å². The zero-order chi connectivity index (χ0) is 15.4. The zero-order valence-electron chi connectivity index (χ0n) is 12.2. The average molecular weight is 319 g/mol. The molecule has 2 atom stereocenters. The van der Waals surface area contributed by atoms with E-state index >= 15 is 0 Å². The molecule has 1 amide bonds. The predicted octanol–water partition coefficient (Wildman–Crippen LogP) is 1.89. The number of thiazole rings is 1. The van der Waals surface area contributed by atoms with Crippen LogP contribution in [0, 0.1) is 24.7 Å². The molecule has 2 aromatic heterocycles. The molecule has 1 aliphatic carbocycles. The van der Waals surface area contributed by atoms with Gasteiger partial charge in [0.2, 0.25) is 0 Å². The first-order valence-corrected chi connectivity index (χ1v) is 8.32. The van der Waals surface area contributed by atoms with Gasteiger partial charge in [-0.15, -0.1) is 0 Å². The lowest BCUT2D eigenvalue weighted by atomic mass is 9.92. The van der Waals surface area contributed by atoms with Gasteiger partial charge in [0.1, 0.15) is 4.88 Å². The van der Waals surface area contributed by atoms with Crippen LogP contribution >= 0.6 is 11.3 Å². The lowest BCUT2D eigenvalue weighted by Gasteiger charge is -2.14. The summed E-state index contributed by atoms with van der Waals surface area (Å²) < 4.78 is 1.86. The van der Waals surface area contributed by atoms with E-state index in [0.29, 0.717) is 23.9 Å². The number of aliphatic carboxylic acids is 1. The van der Waals surface area contributed by atoms with Gasteiger partial charge in [-0.2, -0.15) is 0 Å². The van der Waals surface area contributed by atoms with Crippen LogP contribution < -0.4 is 0 Å². The predicted molar refractivity (Wildman–Crippen MR) is 81.0 cm³/mol. The Morgan fingerprint density at radius 1 is 1.32 bits per heavy atom.